The van der Waals surface area contributed by atoms with Gasteiger partial charge < -0.3 is 19.8 Å². The van der Waals surface area contributed by atoms with Crippen LogP contribution >= 0.6 is 0 Å². The molecule has 0 fully saturated rings. The molecule has 12 rings (SSSR count). The second-order valence-electron chi connectivity index (χ2n) is 26.2. The zero-order valence-corrected chi connectivity index (χ0v) is 46.6. The first-order valence-electron chi connectivity index (χ1n) is 27.1. The van der Waals surface area contributed by atoms with Crippen LogP contribution in [0.4, 0.5) is 22.7 Å². The molecule has 4 heteroatoms. The minimum absolute atomic E-state index is 0.0413. The van der Waals surface area contributed by atoms with Crippen molar-refractivity contribution in [2.45, 2.75) is 124 Å². The van der Waals surface area contributed by atoms with Crippen molar-refractivity contribution in [1.82, 2.24) is 9.13 Å². The average Bonchev–Trinajstić information content (AvgIpc) is 3.95. The summed E-state index contributed by atoms with van der Waals surface area (Å²) in [6, 6.07) is 64.4. The lowest BCUT2D eigenvalue weighted by molar-refractivity contribution is 0.590. The number of anilines is 4. The number of hydrogen-bond donors (Lipinski definition) is 2. The van der Waals surface area contributed by atoms with E-state index in [4.69, 9.17) is 0 Å². The van der Waals surface area contributed by atoms with Crippen LogP contribution in [0.3, 0.4) is 0 Å². The summed E-state index contributed by atoms with van der Waals surface area (Å²) in [5, 5.41) is 15.5. The summed E-state index contributed by atoms with van der Waals surface area (Å²) in [5.74, 6) is 0. The van der Waals surface area contributed by atoms with Crippen molar-refractivity contribution in [1.29, 1.82) is 0 Å². The number of rotatable bonds is 6. The fourth-order valence-electron chi connectivity index (χ4n) is 12.0. The Labute approximate surface area is 444 Å². The summed E-state index contributed by atoms with van der Waals surface area (Å²) in [7, 11) is 0. The van der Waals surface area contributed by atoms with Crippen molar-refractivity contribution in [3.63, 3.8) is 0 Å². The van der Waals surface area contributed by atoms with E-state index in [1.54, 1.807) is 0 Å². The Hall–Kier alpha value is -7.56. The minimum Gasteiger partial charge on any atom is -0.355 e. The summed E-state index contributed by atoms with van der Waals surface area (Å²) in [6.07, 6.45) is 0. The van der Waals surface area contributed by atoms with Crippen molar-refractivity contribution < 1.29 is 0 Å². The molecule has 0 unspecified atom stereocenters. The molecule has 0 aliphatic heterocycles. The third-order valence-electron chi connectivity index (χ3n) is 16.5. The molecule has 0 amide bonds. The molecule has 4 nitrogen and oxygen atoms in total. The monoisotopic (exact) mass is 981 g/mol. The Morgan fingerprint density at radius 1 is 0.333 bits per heavy atom. The van der Waals surface area contributed by atoms with Crippen molar-refractivity contribution in [2.24, 2.45) is 0 Å². The lowest BCUT2D eigenvalue weighted by Gasteiger charge is -2.24. The molecule has 11 aromatic rings. The van der Waals surface area contributed by atoms with Crippen molar-refractivity contribution in [2.75, 3.05) is 10.6 Å². The number of hydrogen-bond acceptors (Lipinski definition) is 2. The van der Waals surface area contributed by atoms with Crippen LogP contribution in [0.5, 0.6) is 0 Å². The highest BCUT2D eigenvalue weighted by atomic mass is 15.0. The smallest absolute Gasteiger partial charge is 0.0541 e. The minimum atomic E-state index is -0.256. The Bertz CT molecular complexity index is 3980. The molecule has 0 spiro atoms. The summed E-state index contributed by atoms with van der Waals surface area (Å²) < 4.78 is 4.89. The Morgan fingerprint density at radius 3 is 1.16 bits per heavy atom. The van der Waals surface area contributed by atoms with Gasteiger partial charge in [-0.05, 0) is 175 Å². The molecule has 2 heterocycles. The Balaban J connectivity index is 0.894. The summed E-state index contributed by atoms with van der Waals surface area (Å²) >= 11 is 0. The lowest BCUT2D eigenvalue weighted by Crippen LogP contribution is -2.15. The summed E-state index contributed by atoms with van der Waals surface area (Å²) in [5.41, 5.74) is 22.0. The average molecular weight is 981 g/mol. The van der Waals surface area contributed by atoms with E-state index in [0.29, 0.717) is 0 Å². The third kappa shape index (κ3) is 8.11. The topological polar surface area (TPSA) is 33.9 Å². The first-order valence-corrected chi connectivity index (χ1v) is 27.1. The van der Waals surface area contributed by atoms with E-state index in [2.05, 4.69) is 287 Å². The Morgan fingerprint density at radius 2 is 0.733 bits per heavy atom. The van der Waals surface area contributed by atoms with Crippen LogP contribution in [0, 0.1) is 0 Å². The first-order chi connectivity index (χ1) is 35.4. The van der Waals surface area contributed by atoms with Gasteiger partial charge in [0.15, 0.2) is 0 Å². The second kappa shape index (κ2) is 16.7. The van der Waals surface area contributed by atoms with Gasteiger partial charge in [-0.25, -0.2) is 0 Å². The van der Waals surface area contributed by atoms with E-state index < -0.39 is 0 Å². The second-order valence-corrected chi connectivity index (χ2v) is 26.2. The maximum atomic E-state index is 3.97. The SMILES string of the molecule is CC(C)(C)c1ccc2c(c1)c1cc(C(C)(C)C)ccc1n2-c1cccc(Nc2ccc3c(c2)C(C)(C)c2cc(Nc4cccc(-n5c6ccc(C(C)(C)C)cc6c6cc(C(C)(C)C)ccc65)c4)c4ccccc4c2-3)c1. The fourth-order valence-corrected chi connectivity index (χ4v) is 12.0. The molecule has 0 saturated heterocycles. The van der Waals surface area contributed by atoms with Crippen LogP contribution in [-0.2, 0) is 27.1 Å². The molecule has 0 radical (unpaired) electrons. The fraction of sp³-hybridized carbons (Fsp3) is 0.268. The molecule has 0 saturated carbocycles. The normalized spacial score (nSPS) is 13.8. The van der Waals surface area contributed by atoms with Gasteiger partial charge in [-0.3, -0.25) is 0 Å². The Kier molecular flexibility index (Phi) is 10.8. The first kappa shape index (κ1) is 48.4. The number of fused-ring (bicyclic) bond motifs is 11. The van der Waals surface area contributed by atoms with Crippen LogP contribution in [0.15, 0.2) is 170 Å². The van der Waals surface area contributed by atoms with Gasteiger partial charge in [-0.15, -0.1) is 0 Å². The molecular weight excluding hydrogens is 909 g/mol. The van der Waals surface area contributed by atoms with Gasteiger partial charge in [-0.1, -0.05) is 164 Å². The molecule has 376 valence electrons. The van der Waals surface area contributed by atoms with Crippen molar-refractivity contribution in [3.8, 4) is 22.5 Å². The largest absolute Gasteiger partial charge is 0.355 e. The van der Waals surface area contributed by atoms with Gasteiger partial charge in [0.1, 0.15) is 0 Å². The van der Waals surface area contributed by atoms with E-state index >= 15 is 0 Å². The van der Waals surface area contributed by atoms with Crippen molar-refractivity contribution in [3.05, 3.63) is 203 Å². The van der Waals surface area contributed by atoms with Gasteiger partial charge in [0.05, 0.1) is 22.1 Å². The summed E-state index contributed by atoms with van der Waals surface area (Å²) in [6.45, 7) is 32.4. The van der Waals surface area contributed by atoms with Gasteiger partial charge in [-0.2, -0.15) is 0 Å². The van der Waals surface area contributed by atoms with Crippen LogP contribution in [0.1, 0.15) is 130 Å². The molecule has 0 atom stereocenters. The molecule has 9 aromatic carbocycles. The predicted molar refractivity (Wildman–Crippen MR) is 324 cm³/mol. The number of nitrogens with zero attached hydrogens (tertiary/aromatic N) is 2. The van der Waals surface area contributed by atoms with Gasteiger partial charge in [0, 0.05) is 66.5 Å². The van der Waals surface area contributed by atoms with E-state index in [0.717, 1.165) is 34.1 Å². The van der Waals surface area contributed by atoms with Crippen LogP contribution in [0.25, 0.3) is 76.9 Å². The van der Waals surface area contributed by atoms with Gasteiger partial charge >= 0.3 is 0 Å². The molecule has 1 aliphatic rings. The molecule has 0 bridgehead atoms. The molecular formula is C71H72N4. The van der Waals surface area contributed by atoms with E-state index in [1.165, 1.54) is 98.9 Å². The van der Waals surface area contributed by atoms with Crippen LogP contribution < -0.4 is 10.6 Å². The van der Waals surface area contributed by atoms with Crippen molar-refractivity contribution >= 4 is 77.1 Å². The highest BCUT2D eigenvalue weighted by molar-refractivity contribution is 6.12. The highest BCUT2D eigenvalue weighted by Crippen LogP contribution is 2.54. The third-order valence-corrected chi connectivity index (χ3v) is 16.5. The highest BCUT2D eigenvalue weighted by Gasteiger charge is 2.38. The van der Waals surface area contributed by atoms with Gasteiger partial charge in [0.25, 0.3) is 0 Å². The molecule has 2 N–H and O–H groups in total. The lowest BCUT2D eigenvalue weighted by atomic mass is 9.81. The van der Waals surface area contributed by atoms with E-state index in [9.17, 15) is 0 Å². The van der Waals surface area contributed by atoms with Crippen LogP contribution in [-0.4, -0.2) is 9.13 Å². The molecule has 75 heavy (non-hydrogen) atoms. The molecule has 1 aliphatic carbocycles. The summed E-state index contributed by atoms with van der Waals surface area (Å²) in [4.78, 5) is 0. The van der Waals surface area contributed by atoms with Crippen LogP contribution in [0.2, 0.25) is 0 Å². The van der Waals surface area contributed by atoms with E-state index in [1.807, 2.05) is 0 Å². The molecule has 2 aromatic heterocycles. The number of nitrogens with one attached hydrogen (secondary N) is 2. The van der Waals surface area contributed by atoms with Gasteiger partial charge in [0.2, 0.25) is 0 Å². The van der Waals surface area contributed by atoms with E-state index in [-0.39, 0.29) is 27.1 Å². The zero-order chi connectivity index (χ0) is 52.7. The maximum absolute atomic E-state index is 3.97. The maximum Gasteiger partial charge on any atom is 0.0541 e. The zero-order valence-electron chi connectivity index (χ0n) is 46.6. The quantitative estimate of drug-likeness (QED) is 0.174. The number of aromatic nitrogens is 2. The number of benzene rings is 9. The standard InChI is InChI=1S/C71H72N4/c1-67(2,3)43-25-31-62-55(35-43)56-36-44(68(4,5)6)26-32-63(56)74(62)50-21-17-19-47(39-50)72-49-29-30-54-59(41-49)71(13,14)60-42-61(52-23-15-16-24-53(52)66(54)60)73-48-20-18-22-51(40-48)75-64-33-27-45(69(7,8)9)37-57(64)58-38-46(70(10,11)12)28-34-65(58)75/h15-42,72-73H,1-14H3. The predicted octanol–water partition coefficient (Wildman–Crippen LogP) is 20.0.